The van der Waals surface area contributed by atoms with E-state index in [-0.39, 0.29) is 30.2 Å². The van der Waals surface area contributed by atoms with E-state index in [1.165, 1.54) is 10.9 Å². The maximum absolute atomic E-state index is 13.1. The Kier molecular flexibility index (Phi) is 7.83. The van der Waals surface area contributed by atoms with Gasteiger partial charge in [0, 0.05) is 36.8 Å². The highest BCUT2D eigenvalue weighted by Crippen LogP contribution is 2.19. The number of rotatable bonds is 8. The number of nitrogens with two attached hydrogens (primary N) is 1. The monoisotopic (exact) mass is 476 g/mol. The first-order valence-electron chi connectivity index (χ1n) is 10.1. The van der Waals surface area contributed by atoms with Crippen LogP contribution in [0.3, 0.4) is 0 Å². The lowest BCUT2D eigenvalue weighted by atomic mass is 10.0. The lowest BCUT2D eigenvalue weighted by Crippen LogP contribution is -2.47. The van der Waals surface area contributed by atoms with Gasteiger partial charge in [-0.3, -0.25) is 19.4 Å². The summed E-state index contributed by atoms with van der Waals surface area (Å²) in [5, 5.41) is 7.14. The van der Waals surface area contributed by atoms with E-state index in [1.807, 2.05) is 36.4 Å². The number of pyridine rings is 2. The third-order valence-corrected chi connectivity index (χ3v) is 4.93. The largest absolute Gasteiger partial charge is 0.363 e. The fourth-order valence-corrected chi connectivity index (χ4v) is 3.33. The van der Waals surface area contributed by atoms with E-state index in [9.17, 15) is 14.4 Å². The summed E-state index contributed by atoms with van der Waals surface area (Å²) in [7, 11) is 0. The Morgan fingerprint density at radius 1 is 0.971 bits per heavy atom. The molecule has 1 aromatic carbocycles. The van der Waals surface area contributed by atoms with Crippen molar-refractivity contribution in [2.45, 2.75) is 12.5 Å². The summed E-state index contributed by atoms with van der Waals surface area (Å²) in [5.74, 6) is -2.33. The predicted octanol–water partition coefficient (Wildman–Crippen LogP) is 2.15. The molecule has 3 aromatic heterocycles. The molecule has 0 fully saturated rings. The normalized spacial score (nSPS) is 11.2. The highest BCUT2D eigenvalue weighted by molar-refractivity contribution is 6.38. The number of hydrogen-bond acceptors (Lipinski definition) is 6. The van der Waals surface area contributed by atoms with Gasteiger partial charge in [0.05, 0.1) is 11.3 Å². The van der Waals surface area contributed by atoms with Crippen molar-refractivity contribution >= 4 is 30.0 Å². The molecule has 1 unspecified atom stereocenters. The Balaban J connectivity index is 0.00000324. The molecule has 0 aliphatic rings. The number of carbonyl (C=O) groups is 3. The maximum Gasteiger partial charge on any atom is 0.287 e. The zero-order chi connectivity index (χ0) is 23.2. The molecule has 10 heteroatoms. The summed E-state index contributed by atoms with van der Waals surface area (Å²) in [4.78, 5) is 45.4. The van der Waals surface area contributed by atoms with Crippen LogP contribution in [0.1, 0.15) is 15.9 Å². The molecule has 34 heavy (non-hydrogen) atoms. The van der Waals surface area contributed by atoms with Crippen LogP contribution in [0.2, 0.25) is 0 Å². The molecule has 0 bridgehead atoms. The Labute approximate surface area is 201 Å². The van der Waals surface area contributed by atoms with E-state index in [2.05, 4.69) is 20.4 Å². The minimum absolute atomic E-state index is 0. The predicted molar refractivity (Wildman–Crippen MR) is 127 cm³/mol. The molecule has 0 saturated carbocycles. The van der Waals surface area contributed by atoms with Gasteiger partial charge in [-0.15, -0.1) is 12.4 Å². The summed E-state index contributed by atoms with van der Waals surface area (Å²) >= 11 is 0. The zero-order valence-corrected chi connectivity index (χ0v) is 18.7. The summed E-state index contributed by atoms with van der Waals surface area (Å²) < 4.78 is 1.49. The number of halogens is 1. The lowest BCUT2D eigenvalue weighted by molar-refractivity contribution is -0.137. The number of primary amides is 1. The second-order valence-corrected chi connectivity index (χ2v) is 7.21. The number of Topliss-reactive ketones (excluding diaryl/α,β-unsaturated/α-hetero) is 1. The molecule has 0 saturated heterocycles. The highest BCUT2D eigenvalue weighted by atomic mass is 35.5. The lowest BCUT2D eigenvalue weighted by Gasteiger charge is -2.17. The van der Waals surface area contributed by atoms with Crippen LogP contribution in [0.15, 0.2) is 85.5 Å². The number of aromatic nitrogens is 4. The van der Waals surface area contributed by atoms with Gasteiger partial charge in [-0.25, -0.2) is 9.67 Å². The summed E-state index contributed by atoms with van der Waals surface area (Å²) in [6, 6.07) is 16.9. The van der Waals surface area contributed by atoms with Crippen molar-refractivity contribution in [1.82, 2.24) is 25.1 Å². The quantitative estimate of drug-likeness (QED) is 0.374. The van der Waals surface area contributed by atoms with E-state index in [0.29, 0.717) is 11.3 Å². The van der Waals surface area contributed by atoms with Crippen molar-refractivity contribution in [2.24, 2.45) is 5.73 Å². The van der Waals surface area contributed by atoms with Gasteiger partial charge in [-0.05, 0) is 29.8 Å². The fraction of sp³-hybridized carbons (Fsp3) is 0.0833. The summed E-state index contributed by atoms with van der Waals surface area (Å²) in [6.07, 6.45) is 6.44. The number of benzene rings is 1. The van der Waals surface area contributed by atoms with Crippen LogP contribution in [0.5, 0.6) is 0 Å². The Morgan fingerprint density at radius 3 is 2.44 bits per heavy atom. The number of amides is 2. The highest BCUT2D eigenvalue weighted by Gasteiger charge is 2.27. The number of carbonyl (C=O) groups excluding carboxylic acids is 3. The van der Waals surface area contributed by atoms with E-state index >= 15 is 0 Å². The van der Waals surface area contributed by atoms with E-state index < -0.39 is 23.6 Å². The van der Waals surface area contributed by atoms with Crippen LogP contribution in [-0.4, -0.2) is 43.4 Å². The molecule has 0 radical (unpaired) electrons. The zero-order valence-electron chi connectivity index (χ0n) is 17.9. The number of nitrogens with one attached hydrogen (secondary N) is 1. The van der Waals surface area contributed by atoms with Gasteiger partial charge < -0.3 is 11.1 Å². The molecular weight excluding hydrogens is 456 g/mol. The summed E-state index contributed by atoms with van der Waals surface area (Å²) in [5.41, 5.74) is 7.69. The van der Waals surface area contributed by atoms with E-state index in [4.69, 9.17) is 5.73 Å². The molecule has 2 amide bonds. The molecule has 0 aliphatic heterocycles. The fourth-order valence-electron chi connectivity index (χ4n) is 3.33. The first-order chi connectivity index (χ1) is 16.0. The van der Waals surface area contributed by atoms with Gasteiger partial charge in [-0.2, -0.15) is 5.10 Å². The Hall–Kier alpha value is -4.37. The van der Waals surface area contributed by atoms with Crippen LogP contribution in [-0.2, 0) is 16.0 Å². The molecule has 172 valence electrons. The molecule has 0 spiro atoms. The number of nitrogens with zero attached hydrogens (tertiary/aromatic N) is 4. The topological polar surface area (TPSA) is 133 Å². The number of ketones is 1. The van der Waals surface area contributed by atoms with Crippen molar-refractivity contribution in [3.05, 3.63) is 96.6 Å². The van der Waals surface area contributed by atoms with Gasteiger partial charge in [0.15, 0.2) is 5.82 Å². The second kappa shape index (κ2) is 11.0. The van der Waals surface area contributed by atoms with E-state index in [1.54, 1.807) is 42.9 Å². The average molecular weight is 477 g/mol. The first-order valence-corrected chi connectivity index (χ1v) is 10.1. The summed E-state index contributed by atoms with van der Waals surface area (Å²) in [6.45, 7) is 0. The van der Waals surface area contributed by atoms with Gasteiger partial charge in [0.1, 0.15) is 6.04 Å². The van der Waals surface area contributed by atoms with Gasteiger partial charge in [0.2, 0.25) is 5.78 Å². The van der Waals surface area contributed by atoms with Crippen LogP contribution >= 0.6 is 12.4 Å². The molecular formula is C24H21ClN6O3. The maximum atomic E-state index is 13.1. The first kappa shape index (κ1) is 24.3. The molecule has 4 rings (SSSR count). The van der Waals surface area contributed by atoms with Crippen LogP contribution in [0.25, 0.3) is 17.1 Å². The third kappa shape index (κ3) is 5.51. The standard InChI is InChI=1S/C24H20N6O3.ClH/c25-22(32)21(31)20(14-16-6-4-11-26-15-16)28-24(33)18-9-5-12-27-23(18)30-13-10-19(29-30)17-7-2-1-3-8-17;/h1-13,15,20H,14H2,(H2,25,32)(H,28,33);1H. The van der Waals surface area contributed by atoms with Crippen molar-refractivity contribution < 1.29 is 14.4 Å². The van der Waals surface area contributed by atoms with Crippen molar-refractivity contribution in [2.75, 3.05) is 0 Å². The Bertz CT molecular complexity index is 1290. The minimum Gasteiger partial charge on any atom is -0.363 e. The van der Waals surface area contributed by atoms with Gasteiger partial charge >= 0.3 is 0 Å². The SMILES string of the molecule is Cl.NC(=O)C(=O)C(Cc1cccnc1)NC(=O)c1cccnc1-n1ccc(-c2ccccc2)n1. The minimum atomic E-state index is -1.15. The van der Waals surface area contributed by atoms with Gasteiger partial charge in [0.25, 0.3) is 11.8 Å². The third-order valence-electron chi connectivity index (χ3n) is 4.93. The average Bonchev–Trinajstić information content (AvgIpc) is 3.34. The molecule has 1 atom stereocenters. The Morgan fingerprint density at radius 2 is 1.74 bits per heavy atom. The van der Waals surface area contributed by atoms with Crippen molar-refractivity contribution in [1.29, 1.82) is 0 Å². The van der Waals surface area contributed by atoms with Crippen LogP contribution < -0.4 is 11.1 Å². The smallest absolute Gasteiger partial charge is 0.287 e. The van der Waals surface area contributed by atoms with Crippen molar-refractivity contribution in [3.8, 4) is 17.1 Å². The van der Waals surface area contributed by atoms with Crippen LogP contribution in [0.4, 0.5) is 0 Å². The molecule has 0 aliphatic carbocycles. The van der Waals surface area contributed by atoms with Crippen molar-refractivity contribution in [3.63, 3.8) is 0 Å². The molecule has 3 heterocycles. The molecule has 3 N–H and O–H groups in total. The van der Waals surface area contributed by atoms with E-state index in [0.717, 1.165) is 5.56 Å². The molecule has 4 aromatic rings. The molecule has 9 nitrogen and oxygen atoms in total. The van der Waals surface area contributed by atoms with Crippen LogP contribution in [0, 0.1) is 0 Å². The number of hydrogen-bond donors (Lipinski definition) is 2. The van der Waals surface area contributed by atoms with Gasteiger partial charge in [-0.1, -0.05) is 36.4 Å². The second-order valence-electron chi connectivity index (χ2n) is 7.21.